The summed E-state index contributed by atoms with van der Waals surface area (Å²) in [4.78, 5) is 13.2. The molecule has 0 unspecified atom stereocenters. The van der Waals surface area contributed by atoms with Crippen LogP contribution in [0.1, 0.15) is 16.8 Å². The predicted molar refractivity (Wildman–Crippen MR) is 93.2 cm³/mol. The Kier molecular flexibility index (Phi) is 5.73. The topological polar surface area (TPSA) is 72.7 Å². The highest BCUT2D eigenvalue weighted by molar-refractivity contribution is 7.99. The Hall–Kier alpha value is -2.74. The Bertz CT molecular complexity index is 823. The lowest BCUT2D eigenvalue weighted by Crippen LogP contribution is -2.24. The van der Waals surface area contributed by atoms with E-state index in [4.69, 9.17) is 0 Å². The van der Waals surface area contributed by atoms with E-state index in [1.165, 1.54) is 23.1 Å². The van der Waals surface area contributed by atoms with Gasteiger partial charge in [-0.15, -0.1) is 16.9 Å². The summed E-state index contributed by atoms with van der Waals surface area (Å²) in [5.41, 5.74) is 1.28. The van der Waals surface area contributed by atoms with E-state index in [1.54, 1.807) is 42.1 Å². The van der Waals surface area contributed by atoms with Crippen molar-refractivity contribution < 1.29 is 9.18 Å². The van der Waals surface area contributed by atoms with Crippen molar-refractivity contribution in [2.45, 2.75) is 11.3 Å². The van der Waals surface area contributed by atoms with Crippen LogP contribution in [0.5, 0.6) is 0 Å². The number of nitrogens with one attached hydrogen (secondary N) is 1. The molecular weight excluding hydrogens is 341 g/mol. The summed E-state index contributed by atoms with van der Waals surface area (Å²) in [7, 11) is 0. The molecule has 25 heavy (non-hydrogen) atoms. The fourth-order valence-electron chi connectivity index (χ4n) is 2.17. The number of benzene rings is 2. The van der Waals surface area contributed by atoms with E-state index in [0.717, 1.165) is 22.8 Å². The zero-order valence-corrected chi connectivity index (χ0v) is 14.1. The number of carbonyl (C=O) groups is 1. The van der Waals surface area contributed by atoms with Gasteiger partial charge in [0.1, 0.15) is 12.1 Å². The molecule has 0 fully saturated rings. The molecule has 3 rings (SSSR count). The number of carbonyl (C=O) groups excluding carboxylic acids is 1. The molecule has 1 heterocycles. The van der Waals surface area contributed by atoms with Gasteiger partial charge in [0.25, 0.3) is 5.91 Å². The second-order valence-corrected chi connectivity index (χ2v) is 6.38. The van der Waals surface area contributed by atoms with Gasteiger partial charge >= 0.3 is 0 Å². The summed E-state index contributed by atoms with van der Waals surface area (Å²) in [6, 6.07) is 13.5. The molecule has 6 nitrogen and oxygen atoms in total. The fraction of sp³-hybridized carbons (Fsp3) is 0.176. The molecule has 3 aromatic rings. The van der Waals surface area contributed by atoms with E-state index in [0.29, 0.717) is 12.1 Å². The van der Waals surface area contributed by atoms with Gasteiger partial charge in [0.15, 0.2) is 0 Å². The lowest BCUT2D eigenvalue weighted by atomic mass is 10.2. The fourth-order valence-corrected chi connectivity index (χ4v) is 3.02. The molecule has 0 saturated carbocycles. The Morgan fingerprint density at radius 1 is 1.20 bits per heavy atom. The largest absolute Gasteiger partial charge is 0.352 e. The molecule has 0 aliphatic carbocycles. The van der Waals surface area contributed by atoms with Crippen molar-refractivity contribution in [2.24, 2.45) is 0 Å². The van der Waals surface area contributed by atoms with Crippen LogP contribution in [-0.2, 0) is 0 Å². The van der Waals surface area contributed by atoms with Crippen molar-refractivity contribution in [2.75, 3.05) is 12.3 Å². The van der Waals surface area contributed by atoms with Crippen LogP contribution in [0.25, 0.3) is 5.69 Å². The molecule has 0 radical (unpaired) electrons. The first-order valence-electron chi connectivity index (χ1n) is 7.72. The third-order valence-electron chi connectivity index (χ3n) is 3.41. The van der Waals surface area contributed by atoms with Crippen molar-refractivity contribution in [1.82, 2.24) is 25.5 Å². The number of hydrogen-bond donors (Lipinski definition) is 1. The lowest BCUT2D eigenvalue weighted by Gasteiger charge is -2.07. The van der Waals surface area contributed by atoms with E-state index in [1.807, 2.05) is 6.07 Å². The number of aromatic nitrogens is 4. The van der Waals surface area contributed by atoms with Crippen LogP contribution in [0, 0.1) is 5.82 Å². The molecule has 0 bridgehead atoms. The number of thioether (sulfide) groups is 1. The van der Waals surface area contributed by atoms with Crippen molar-refractivity contribution >= 4 is 17.7 Å². The Labute approximate surface area is 148 Å². The molecular formula is C17H16FN5OS. The standard InChI is InChI=1S/C17H16FN5OS/c18-14-5-7-16(8-6-14)25-10-2-9-19-17(24)13-3-1-4-15(11-13)23-12-20-21-22-23/h1,3-8,11-12H,2,9-10H2,(H,19,24). The van der Waals surface area contributed by atoms with Gasteiger partial charge in [-0.3, -0.25) is 4.79 Å². The molecule has 1 aromatic heterocycles. The van der Waals surface area contributed by atoms with E-state index >= 15 is 0 Å². The summed E-state index contributed by atoms with van der Waals surface area (Å²) in [6.07, 6.45) is 2.30. The van der Waals surface area contributed by atoms with Crippen LogP contribution < -0.4 is 5.32 Å². The van der Waals surface area contributed by atoms with E-state index < -0.39 is 0 Å². The molecule has 0 saturated heterocycles. The monoisotopic (exact) mass is 357 g/mol. The van der Waals surface area contributed by atoms with E-state index in [-0.39, 0.29) is 11.7 Å². The van der Waals surface area contributed by atoms with Crippen molar-refractivity contribution in [3.63, 3.8) is 0 Å². The Balaban J connectivity index is 1.45. The minimum Gasteiger partial charge on any atom is -0.352 e. The normalized spacial score (nSPS) is 10.6. The zero-order chi connectivity index (χ0) is 17.5. The first-order valence-corrected chi connectivity index (χ1v) is 8.71. The van der Waals surface area contributed by atoms with Crippen LogP contribution in [0.2, 0.25) is 0 Å². The number of halogens is 1. The predicted octanol–water partition coefficient (Wildman–Crippen LogP) is 2.71. The van der Waals surface area contributed by atoms with Crippen LogP contribution in [-0.4, -0.2) is 38.4 Å². The summed E-state index contributed by atoms with van der Waals surface area (Å²) in [5, 5.41) is 13.9. The van der Waals surface area contributed by atoms with Crippen LogP contribution in [0.15, 0.2) is 59.8 Å². The second-order valence-electron chi connectivity index (χ2n) is 5.22. The molecule has 0 aliphatic rings. The van der Waals surface area contributed by atoms with Gasteiger partial charge in [0.05, 0.1) is 5.69 Å². The summed E-state index contributed by atoms with van der Waals surface area (Å²) < 4.78 is 14.3. The van der Waals surface area contributed by atoms with Crippen LogP contribution in [0.4, 0.5) is 4.39 Å². The zero-order valence-electron chi connectivity index (χ0n) is 13.3. The van der Waals surface area contributed by atoms with Gasteiger partial charge in [0.2, 0.25) is 0 Å². The third kappa shape index (κ3) is 4.87. The Morgan fingerprint density at radius 2 is 2.04 bits per heavy atom. The second kappa shape index (κ2) is 8.39. The summed E-state index contributed by atoms with van der Waals surface area (Å²) >= 11 is 1.63. The molecule has 0 spiro atoms. The van der Waals surface area contributed by atoms with E-state index in [2.05, 4.69) is 20.8 Å². The third-order valence-corrected chi connectivity index (χ3v) is 4.51. The van der Waals surface area contributed by atoms with Gasteiger partial charge in [-0.25, -0.2) is 9.07 Å². The number of hydrogen-bond acceptors (Lipinski definition) is 5. The molecule has 0 atom stereocenters. The van der Waals surface area contributed by atoms with Gasteiger partial charge in [-0.05, 0) is 65.1 Å². The van der Waals surface area contributed by atoms with Gasteiger partial charge < -0.3 is 5.32 Å². The maximum Gasteiger partial charge on any atom is 0.251 e. The smallest absolute Gasteiger partial charge is 0.251 e. The Morgan fingerprint density at radius 3 is 2.80 bits per heavy atom. The number of rotatable bonds is 7. The molecule has 2 aromatic carbocycles. The minimum absolute atomic E-state index is 0.137. The average Bonchev–Trinajstić information content (AvgIpc) is 3.18. The summed E-state index contributed by atoms with van der Waals surface area (Å²) in [5.74, 6) is 0.471. The highest BCUT2D eigenvalue weighted by atomic mass is 32.2. The first kappa shape index (κ1) is 17.1. The number of nitrogens with zero attached hydrogens (tertiary/aromatic N) is 4. The van der Waals surface area contributed by atoms with Crippen molar-refractivity contribution in [3.8, 4) is 5.69 Å². The molecule has 1 N–H and O–H groups in total. The maximum absolute atomic E-state index is 12.8. The molecule has 0 aliphatic heterocycles. The SMILES string of the molecule is O=C(NCCCSc1ccc(F)cc1)c1cccc(-n2cnnn2)c1. The van der Waals surface area contributed by atoms with E-state index in [9.17, 15) is 9.18 Å². The molecule has 128 valence electrons. The van der Waals surface area contributed by atoms with Crippen molar-refractivity contribution in [3.05, 3.63) is 66.2 Å². The van der Waals surface area contributed by atoms with Crippen molar-refractivity contribution in [1.29, 1.82) is 0 Å². The van der Waals surface area contributed by atoms with Gasteiger partial charge in [-0.2, -0.15) is 0 Å². The quantitative estimate of drug-likeness (QED) is 0.520. The van der Waals surface area contributed by atoms with Crippen LogP contribution in [0.3, 0.4) is 0 Å². The molecule has 8 heteroatoms. The van der Waals surface area contributed by atoms with Gasteiger partial charge in [0, 0.05) is 17.0 Å². The lowest BCUT2D eigenvalue weighted by molar-refractivity contribution is 0.0953. The van der Waals surface area contributed by atoms with Gasteiger partial charge in [-0.1, -0.05) is 6.07 Å². The average molecular weight is 357 g/mol. The number of amides is 1. The minimum atomic E-state index is -0.236. The summed E-state index contributed by atoms with van der Waals surface area (Å²) in [6.45, 7) is 0.572. The highest BCUT2D eigenvalue weighted by Crippen LogP contribution is 2.18. The maximum atomic E-state index is 12.8. The first-order chi connectivity index (χ1) is 12.2. The van der Waals surface area contributed by atoms with Crippen LogP contribution >= 0.6 is 11.8 Å². The number of tetrazole rings is 1. The highest BCUT2D eigenvalue weighted by Gasteiger charge is 2.07. The molecule has 1 amide bonds.